The van der Waals surface area contributed by atoms with Gasteiger partial charge >= 0.3 is 22.4 Å². The first-order valence-corrected chi connectivity index (χ1v) is 2.96. The van der Waals surface area contributed by atoms with E-state index in [1.54, 1.807) is 6.26 Å². The van der Waals surface area contributed by atoms with Crippen LogP contribution in [0.5, 0.6) is 0 Å². The molecule has 0 aliphatic carbocycles. The average molecular weight is 225 g/mol. The van der Waals surface area contributed by atoms with E-state index in [9.17, 15) is 9.90 Å². The van der Waals surface area contributed by atoms with Crippen LogP contribution in [-0.4, -0.2) is 12.2 Å². The van der Waals surface area contributed by atoms with E-state index in [0.29, 0.717) is 0 Å². The van der Waals surface area contributed by atoms with Crippen molar-refractivity contribution in [2.24, 2.45) is 0 Å². The summed E-state index contributed by atoms with van der Waals surface area (Å²) < 4.78 is 0. The van der Waals surface area contributed by atoms with Crippen LogP contribution in [0.25, 0.3) is 0 Å². The third-order valence-electron chi connectivity index (χ3n) is 0.340. The Morgan fingerprint density at radius 3 is 2.38 bits per heavy atom. The molecule has 0 aromatic rings. The van der Waals surface area contributed by atoms with Crippen LogP contribution in [0.4, 0.5) is 0 Å². The SMILES string of the molecule is CS/C=C/C(=O)[O-].[Ag+]. The third-order valence-corrected chi connectivity index (χ3v) is 0.748. The number of carboxylic acid groups (broad SMARTS) is 1. The molecule has 50 valence electrons. The fraction of sp³-hybridized carbons (Fsp3) is 0.250. The molecule has 0 saturated heterocycles. The van der Waals surface area contributed by atoms with Gasteiger partial charge in [-0.3, -0.25) is 0 Å². The van der Waals surface area contributed by atoms with Crippen LogP contribution in [0, 0.1) is 0 Å². The van der Waals surface area contributed by atoms with Gasteiger partial charge in [0, 0.05) is 0 Å². The van der Waals surface area contributed by atoms with Gasteiger partial charge in [0.25, 0.3) is 0 Å². The smallest absolute Gasteiger partial charge is 0.545 e. The summed E-state index contributed by atoms with van der Waals surface area (Å²) in [6.07, 6.45) is 2.77. The Kier molecular flexibility index (Phi) is 10.2. The summed E-state index contributed by atoms with van der Waals surface area (Å²) >= 11 is 1.33. The minimum absolute atomic E-state index is 0. The number of carbonyl (C=O) groups is 1. The average Bonchev–Trinajstić information content (AvgIpc) is 1.61. The van der Waals surface area contributed by atoms with Gasteiger partial charge in [0.05, 0.1) is 5.97 Å². The summed E-state index contributed by atoms with van der Waals surface area (Å²) in [4.78, 5) is 9.55. The molecule has 0 atom stereocenters. The Labute approximate surface area is 67.9 Å². The summed E-state index contributed by atoms with van der Waals surface area (Å²) in [6, 6.07) is 0. The van der Waals surface area contributed by atoms with Crippen LogP contribution < -0.4 is 5.11 Å². The minimum Gasteiger partial charge on any atom is -0.545 e. The van der Waals surface area contributed by atoms with Gasteiger partial charge in [-0.05, 0) is 17.7 Å². The van der Waals surface area contributed by atoms with Gasteiger partial charge in [-0.15, -0.1) is 11.8 Å². The molecule has 0 amide bonds. The third kappa shape index (κ3) is 9.57. The molecular formula is C4H5AgO2S. The van der Waals surface area contributed by atoms with Crippen LogP contribution in [0.15, 0.2) is 11.5 Å². The van der Waals surface area contributed by atoms with Gasteiger partial charge in [-0.1, -0.05) is 0 Å². The van der Waals surface area contributed by atoms with Crippen LogP contribution in [0.1, 0.15) is 0 Å². The number of hydrogen-bond donors (Lipinski definition) is 0. The molecule has 0 heterocycles. The van der Waals surface area contributed by atoms with Crippen molar-refractivity contribution in [3.05, 3.63) is 11.5 Å². The molecular weight excluding hydrogens is 220 g/mol. The molecule has 0 aliphatic rings. The number of carbonyl (C=O) groups excluding carboxylic acids is 1. The number of thioether (sulfide) groups is 1. The Morgan fingerprint density at radius 1 is 1.75 bits per heavy atom. The molecule has 0 rings (SSSR count). The van der Waals surface area contributed by atoms with E-state index >= 15 is 0 Å². The zero-order valence-electron chi connectivity index (χ0n) is 4.18. The van der Waals surface area contributed by atoms with Gasteiger partial charge in [0.15, 0.2) is 0 Å². The van der Waals surface area contributed by atoms with Crippen LogP contribution in [0.3, 0.4) is 0 Å². The standard InChI is InChI=1S/C4H6O2S.Ag/c1-7-3-2-4(5)6;/h2-3H,1H3,(H,5,6);/q;+1/p-1/b3-2+;. The van der Waals surface area contributed by atoms with Crippen molar-refractivity contribution in [3.63, 3.8) is 0 Å². The van der Waals surface area contributed by atoms with Crippen LogP contribution in [-0.2, 0) is 27.2 Å². The molecule has 0 saturated carbocycles. The number of carboxylic acids is 1. The largest absolute Gasteiger partial charge is 1.00 e. The van der Waals surface area contributed by atoms with Crippen molar-refractivity contribution < 1.29 is 32.3 Å². The molecule has 8 heavy (non-hydrogen) atoms. The van der Waals surface area contributed by atoms with E-state index in [2.05, 4.69) is 0 Å². The van der Waals surface area contributed by atoms with E-state index in [4.69, 9.17) is 0 Å². The summed E-state index contributed by atoms with van der Waals surface area (Å²) in [5, 5.41) is 11.0. The van der Waals surface area contributed by atoms with Crippen molar-refractivity contribution in [2.75, 3.05) is 6.26 Å². The van der Waals surface area contributed by atoms with E-state index < -0.39 is 5.97 Å². The summed E-state index contributed by atoms with van der Waals surface area (Å²) in [6.45, 7) is 0. The molecule has 0 aromatic heterocycles. The first-order chi connectivity index (χ1) is 3.27. The molecule has 0 fully saturated rings. The Bertz CT molecular complexity index is 92.0. The van der Waals surface area contributed by atoms with Crippen molar-refractivity contribution in [3.8, 4) is 0 Å². The van der Waals surface area contributed by atoms with Crippen LogP contribution >= 0.6 is 11.8 Å². The molecule has 0 N–H and O–H groups in total. The second-order valence-corrected chi connectivity index (χ2v) is 1.60. The molecule has 0 spiro atoms. The van der Waals surface area contributed by atoms with Crippen molar-refractivity contribution >= 4 is 17.7 Å². The fourth-order valence-electron chi connectivity index (χ4n) is 0.124. The van der Waals surface area contributed by atoms with Gasteiger partial charge in [-0.25, -0.2) is 0 Å². The maximum Gasteiger partial charge on any atom is 1.00 e. The first-order valence-electron chi connectivity index (χ1n) is 1.67. The van der Waals surface area contributed by atoms with Gasteiger partial charge < -0.3 is 9.90 Å². The maximum absolute atomic E-state index is 9.55. The molecule has 0 aliphatic heterocycles. The van der Waals surface area contributed by atoms with Gasteiger partial charge in [-0.2, -0.15) is 0 Å². The Hall–Kier alpha value is 0.300. The molecule has 0 bridgehead atoms. The molecule has 0 aromatic carbocycles. The second-order valence-electron chi connectivity index (χ2n) is 0.857. The van der Waals surface area contributed by atoms with Crippen molar-refractivity contribution in [1.82, 2.24) is 0 Å². The summed E-state index contributed by atoms with van der Waals surface area (Å²) in [5.74, 6) is -1.14. The van der Waals surface area contributed by atoms with E-state index in [-0.39, 0.29) is 22.4 Å². The molecule has 4 heteroatoms. The Morgan fingerprint density at radius 2 is 2.25 bits per heavy atom. The first kappa shape index (κ1) is 11.1. The quantitative estimate of drug-likeness (QED) is 0.474. The fourth-order valence-corrected chi connectivity index (χ4v) is 0.371. The second kappa shape index (κ2) is 7.30. The zero-order valence-corrected chi connectivity index (χ0v) is 6.48. The summed E-state index contributed by atoms with van der Waals surface area (Å²) in [7, 11) is 0. The van der Waals surface area contributed by atoms with E-state index in [1.165, 1.54) is 17.2 Å². The topological polar surface area (TPSA) is 40.1 Å². The van der Waals surface area contributed by atoms with E-state index in [1.807, 2.05) is 0 Å². The van der Waals surface area contributed by atoms with Crippen molar-refractivity contribution in [1.29, 1.82) is 0 Å². The van der Waals surface area contributed by atoms with Crippen molar-refractivity contribution in [2.45, 2.75) is 0 Å². The molecule has 0 unspecified atom stereocenters. The Balaban J connectivity index is 0. The molecule has 2 nitrogen and oxygen atoms in total. The maximum atomic E-state index is 9.55. The monoisotopic (exact) mass is 224 g/mol. The summed E-state index contributed by atoms with van der Waals surface area (Å²) in [5.41, 5.74) is 0. The van der Waals surface area contributed by atoms with Gasteiger partial charge in [0.2, 0.25) is 0 Å². The van der Waals surface area contributed by atoms with Gasteiger partial charge in [0.1, 0.15) is 0 Å². The van der Waals surface area contributed by atoms with E-state index in [0.717, 1.165) is 6.08 Å². The predicted molar refractivity (Wildman–Crippen MR) is 27.7 cm³/mol. The zero-order chi connectivity index (χ0) is 5.70. The minimum atomic E-state index is -1.14. The van der Waals surface area contributed by atoms with Crippen LogP contribution in [0.2, 0.25) is 0 Å². The normalized spacial score (nSPS) is 8.62. The molecule has 0 radical (unpaired) electrons. The predicted octanol–water partition coefficient (Wildman–Crippen LogP) is -0.389. The number of rotatable bonds is 2. The number of aliphatic carboxylic acids is 1. The number of hydrogen-bond acceptors (Lipinski definition) is 3.